The topological polar surface area (TPSA) is 76.5 Å². The van der Waals surface area contributed by atoms with Crippen molar-refractivity contribution in [3.63, 3.8) is 0 Å². The van der Waals surface area contributed by atoms with Crippen molar-refractivity contribution in [2.24, 2.45) is 0 Å². The molecule has 1 N–H and O–H groups in total. The fourth-order valence-electron chi connectivity index (χ4n) is 3.18. The van der Waals surface area contributed by atoms with Gasteiger partial charge in [0.25, 0.3) is 5.56 Å². The van der Waals surface area contributed by atoms with Crippen LogP contribution in [-0.2, 0) is 6.54 Å². The molecule has 1 aromatic heterocycles. The lowest BCUT2D eigenvalue weighted by molar-refractivity contribution is 0.783. The number of H-pyrrole nitrogens is 1. The summed E-state index contributed by atoms with van der Waals surface area (Å²) in [6, 6.07) is 18.1. The molecule has 0 spiro atoms. The van der Waals surface area contributed by atoms with Gasteiger partial charge in [-0.1, -0.05) is 62.4 Å². The van der Waals surface area contributed by atoms with Gasteiger partial charge in [-0.3, -0.25) is 4.79 Å². The van der Waals surface area contributed by atoms with Crippen LogP contribution in [0.2, 0.25) is 0 Å². The molecule has 1 aliphatic carbocycles. The molecule has 26 heavy (non-hydrogen) atoms. The van der Waals surface area contributed by atoms with E-state index < -0.39 is 0 Å². The second-order valence-electron chi connectivity index (χ2n) is 6.61. The van der Waals surface area contributed by atoms with Crippen LogP contribution < -0.4 is 5.56 Å². The van der Waals surface area contributed by atoms with Crippen LogP contribution in [0.25, 0.3) is 22.6 Å². The van der Waals surface area contributed by atoms with Crippen LogP contribution in [0.5, 0.6) is 0 Å². The van der Waals surface area contributed by atoms with E-state index in [2.05, 4.69) is 46.6 Å². The zero-order valence-corrected chi connectivity index (χ0v) is 14.7. The van der Waals surface area contributed by atoms with Gasteiger partial charge in [-0.2, -0.15) is 5.21 Å². The van der Waals surface area contributed by atoms with Crippen molar-refractivity contribution in [3.05, 3.63) is 76.1 Å². The van der Waals surface area contributed by atoms with E-state index in [0.717, 1.165) is 16.8 Å². The first-order valence-corrected chi connectivity index (χ1v) is 8.59. The van der Waals surface area contributed by atoms with Crippen LogP contribution in [0.15, 0.2) is 59.4 Å². The van der Waals surface area contributed by atoms with Crippen molar-refractivity contribution in [1.82, 2.24) is 25.2 Å². The summed E-state index contributed by atoms with van der Waals surface area (Å²) in [6.45, 7) is 4.78. The van der Waals surface area contributed by atoms with Crippen LogP contribution in [0.3, 0.4) is 0 Å². The molecule has 1 aromatic carbocycles. The van der Waals surface area contributed by atoms with Crippen molar-refractivity contribution in [2.45, 2.75) is 26.3 Å². The number of aromatic amines is 1. The van der Waals surface area contributed by atoms with E-state index in [9.17, 15) is 4.79 Å². The van der Waals surface area contributed by atoms with E-state index in [4.69, 9.17) is 0 Å². The fraction of sp³-hybridized carbons (Fsp3) is 0.200. The Kier molecular flexibility index (Phi) is 4.08. The first-order valence-electron chi connectivity index (χ1n) is 8.59. The lowest BCUT2D eigenvalue weighted by Gasteiger charge is -2.08. The predicted molar refractivity (Wildman–Crippen MR) is 100 cm³/mol. The Hall–Kier alpha value is -3.28. The second-order valence-corrected chi connectivity index (χ2v) is 6.61. The van der Waals surface area contributed by atoms with Crippen molar-refractivity contribution >= 4 is 0 Å². The predicted octanol–water partition coefficient (Wildman–Crippen LogP) is 3.30. The minimum atomic E-state index is -0.105. The molecular formula is C20H19N5O. The van der Waals surface area contributed by atoms with E-state index in [1.165, 1.54) is 5.56 Å². The molecule has 130 valence electrons. The smallest absolute Gasteiger partial charge is 0.263 e. The number of nitrogens with one attached hydrogen (secondary N) is 1. The van der Waals surface area contributed by atoms with Gasteiger partial charge in [0.15, 0.2) is 0 Å². The summed E-state index contributed by atoms with van der Waals surface area (Å²) in [6.07, 6.45) is 0. The molecule has 0 fully saturated rings. The molecule has 0 saturated carbocycles. The highest BCUT2D eigenvalue weighted by Gasteiger charge is 2.24. The van der Waals surface area contributed by atoms with Gasteiger partial charge in [-0.15, -0.1) is 10.2 Å². The van der Waals surface area contributed by atoms with Crippen LogP contribution >= 0.6 is 0 Å². The Labute approximate surface area is 150 Å². The number of hydrogen-bond donors (Lipinski definition) is 1. The van der Waals surface area contributed by atoms with Crippen molar-refractivity contribution in [2.75, 3.05) is 0 Å². The Morgan fingerprint density at radius 3 is 2.58 bits per heavy atom. The summed E-state index contributed by atoms with van der Waals surface area (Å²) in [5, 5.41) is 14.1. The monoisotopic (exact) mass is 345 g/mol. The number of nitrogens with zero attached hydrogens (tertiary/aromatic N) is 4. The molecule has 0 bridgehead atoms. The van der Waals surface area contributed by atoms with Crippen molar-refractivity contribution in [3.8, 4) is 22.6 Å². The summed E-state index contributed by atoms with van der Waals surface area (Å²) >= 11 is 0. The van der Waals surface area contributed by atoms with Crippen molar-refractivity contribution < 1.29 is 0 Å². The minimum Gasteiger partial charge on any atom is -0.303 e. The summed E-state index contributed by atoms with van der Waals surface area (Å²) in [5.41, 5.74) is 4.33. The van der Waals surface area contributed by atoms with E-state index >= 15 is 0 Å². The highest BCUT2D eigenvalue weighted by Crippen LogP contribution is 2.32. The third kappa shape index (κ3) is 2.79. The van der Waals surface area contributed by atoms with E-state index in [0.29, 0.717) is 23.9 Å². The first-order chi connectivity index (χ1) is 12.6. The molecule has 0 atom stereocenters. The molecule has 0 saturated heterocycles. The van der Waals surface area contributed by atoms with Crippen LogP contribution in [0, 0.1) is 0 Å². The molecule has 6 nitrogen and oxygen atoms in total. The number of benzene rings is 1. The van der Waals surface area contributed by atoms with Crippen molar-refractivity contribution in [1.29, 1.82) is 0 Å². The largest absolute Gasteiger partial charge is 0.303 e. The summed E-state index contributed by atoms with van der Waals surface area (Å²) < 4.78 is 1.79. The molecule has 4 rings (SSSR count). The number of rotatable bonds is 4. The van der Waals surface area contributed by atoms with Gasteiger partial charge in [-0.25, -0.2) is 0 Å². The van der Waals surface area contributed by atoms with Gasteiger partial charge in [0.2, 0.25) is 5.82 Å². The Morgan fingerprint density at radius 2 is 1.88 bits per heavy atom. The second kappa shape index (κ2) is 6.55. The summed E-state index contributed by atoms with van der Waals surface area (Å²) in [7, 11) is 0. The highest BCUT2D eigenvalue weighted by atomic mass is 16.1. The van der Waals surface area contributed by atoms with Gasteiger partial charge < -0.3 is 4.57 Å². The van der Waals surface area contributed by atoms with Gasteiger partial charge in [0.1, 0.15) is 0 Å². The van der Waals surface area contributed by atoms with Gasteiger partial charge in [0, 0.05) is 5.56 Å². The molecule has 6 heteroatoms. The molecule has 2 heterocycles. The minimum absolute atomic E-state index is 0.105. The maximum absolute atomic E-state index is 13.2. The Balaban J connectivity index is 1.98. The molecule has 0 amide bonds. The first kappa shape index (κ1) is 16.2. The lowest BCUT2D eigenvalue weighted by atomic mass is 10.0. The third-order valence-corrected chi connectivity index (χ3v) is 4.57. The molecule has 0 unspecified atom stereocenters. The van der Waals surface area contributed by atoms with E-state index in [-0.39, 0.29) is 5.56 Å². The quantitative estimate of drug-likeness (QED) is 0.616. The normalized spacial score (nSPS) is 11.3. The highest BCUT2D eigenvalue weighted by molar-refractivity contribution is 5.80. The van der Waals surface area contributed by atoms with Crippen LogP contribution in [0.4, 0.5) is 0 Å². The van der Waals surface area contributed by atoms with Crippen LogP contribution in [0.1, 0.15) is 30.9 Å². The zero-order valence-electron chi connectivity index (χ0n) is 14.7. The average molecular weight is 345 g/mol. The maximum atomic E-state index is 13.2. The maximum Gasteiger partial charge on any atom is 0.263 e. The SMILES string of the molecule is CC(C)c1cccc2c(-c3nn[nH]n3)c(=O)n(Cc3ccccc3)c-2c1. The molecule has 2 aromatic rings. The number of fused-ring (bicyclic) bond motifs is 1. The van der Waals surface area contributed by atoms with Gasteiger partial charge in [0.05, 0.1) is 17.8 Å². The Morgan fingerprint density at radius 1 is 1.08 bits per heavy atom. The molecular weight excluding hydrogens is 326 g/mol. The molecule has 1 aliphatic heterocycles. The van der Waals surface area contributed by atoms with Gasteiger partial charge >= 0.3 is 0 Å². The van der Waals surface area contributed by atoms with Crippen LogP contribution in [-0.4, -0.2) is 25.2 Å². The number of tetrazole rings is 1. The van der Waals surface area contributed by atoms with E-state index in [1.807, 2.05) is 42.5 Å². The number of hydrogen-bond acceptors (Lipinski definition) is 4. The molecule has 0 radical (unpaired) electrons. The van der Waals surface area contributed by atoms with Gasteiger partial charge in [-0.05, 0) is 28.3 Å². The average Bonchev–Trinajstić information content (AvgIpc) is 3.17. The Bertz CT molecular complexity index is 1050. The van der Waals surface area contributed by atoms with E-state index in [1.54, 1.807) is 4.57 Å². The zero-order chi connectivity index (χ0) is 18.1. The molecule has 2 aliphatic rings. The summed E-state index contributed by atoms with van der Waals surface area (Å²) in [5.74, 6) is 0.679. The standard InChI is InChI=1S/C20H19N5O/c1-13(2)15-9-6-10-16-17(11-15)25(12-14-7-4-3-5-8-14)20(26)18(16)19-21-23-24-22-19/h3-11,13H,12H2,1-2H3,(H,21,22,23,24). The number of aromatic nitrogens is 5. The lowest BCUT2D eigenvalue weighted by Crippen LogP contribution is -2.17. The fourth-order valence-corrected chi connectivity index (χ4v) is 3.18. The summed E-state index contributed by atoms with van der Waals surface area (Å²) in [4.78, 5) is 13.2. The third-order valence-electron chi connectivity index (χ3n) is 4.57.